The molecule has 0 unspecified atom stereocenters. The summed E-state index contributed by atoms with van der Waals surface area (Å²) in [5.74, 6) is 0.119. The maximum absolute atomic E-state index is 11.8. The number of amides is 1. The number of benzene rings is 1. The molecule has 0 spiro atoms. The summed E-state index contributed by atoms with van der Waals surface area (Å²) < 4.78 is 0. The molecule has 0 saturated carbocycles. The first-order valence-electron chi connectivity index (χ1n) is 6.94. The SMILES string of the molecule is CC(C)(C)CC(=O)NCc1cccc(C(C)(C)C)c1. The van der Waals surface area contributed by atoms with E-state index < -0.39 is 0 Å². The lowest BCUT2D eigenvalue weighted by atomic mass is 9.86. The Bertz CT molecular complexity index is 435. The first-order valence-corrected chi connectivity index (χ1v) is 6.94. The van der Waals surface area contributed by atoms with Crippen LogP contribution < -0.4 is 5.32 Å². The van der Waals surface area contributed by atoms with Gasteiger partial charge in [-0.05, 0) is 22.0 Å². The second-order valence-electron chi connectivity index (χ2n) is 7.46. The minimum absolute atomic E-state index is 0.0390. The van der Waals surface area contributed by atoms with Crippen molar-refractivity contribution in [3.63, 3.8) is 0 Å². The fourth-order valence-electron chi connectivity index (χ4n) is 1.89. The second-order valence-corrected chi connectivity index (χ2v) is 7.46. The van der Waals surface area contributed by atoms with Gasteiger partial charge in [-0.15, -0.1) is 0 Å². The van der Waals surface area contributed by atoms with Gasteiger partial charge < -0.3 is 5.32 Å². The van der Waals surface area contributed by atoms with E-state index in [-0.39, 0.29) is 16.7 Å². The van der Waals surface area contributed by atoms with Gasteiger partial charge >= 0.3 is 0 Å². The van der Waals surface area contributed by atoms with Crippen molar-refractivity contribution < 1.29 is 4.79 Å². The predicted octanol–water partition coefficient (Wildman–Crippen LogP) is 4.04. The monoisotopic (exact) mass is 261 g/mol. The van der Waals surface area contributed by atoms with Gasteiger partial charge in [0.25, 0.3) is 0 Å². The summed E-state index contributed by atoms with van der Waals surface area (Å²) >= 11 is 0. The molecule has 0 fully saturated rings. The van der Waals surface area contributed by atoms with E-state index in [9.17, 15) is 4.79 Å². The van der Waals surface area contributed by atoms with Crippen molar-refractivity contribution in [2.75, 3.05) is 0 Å². The van der Waals surface area contributed by atoms with Crippen LogP contribution >= 0.6 is 0 Å². The van der Waals surface area contributed by atoms with Crippen LogP contribution in [0.3, 0.4) is 0 Å². The molecule has 2 nitrogen and oxygen atoms in total. The Hall–Kier alpha value is -1.31. The lowest BCUT2D eigenvalue weighted by Crippen LogP contribution is -2.27. The van der Waals surface area contributed by atoms with Crippen LogP contribution in [0.25, 0.3) is 0 Å². The van der Waals surface area contributed by atoms with Gasteiger partial charge in [0.15, 0.2) is 0 Å². The third-order valence-corrected chi connectivity index (χ3v) is 2.97. The summed E-state index contributed by atoms with van der Waals surface area (Å²) in [6.07, 6.45) is 0.561. The Morgan fingerprint density at radius 1 is 1.11 bits per heavy atom. The zero-order chi connectivity index (χ0) is 14.7. The van der Waals surface area contributed by atoms with Gasteiger partial charge in [-0.1, -0.05) is 65.8 Å². The molecule has 0 aliphatic rings. The van der Waals surface area contributed by atoms with Crippen LogP contribution in [-0.4, -0.2) is 5.91 Å². The number of rotatable bonds is 3. The Balaban J connectivity index is 2.62. The summed E-state index contributed by atoms with van der Waals surface area (Å²) in [4.78, 5) is 11.8. The van der Waals surface area contributed by atoms with E-state index in [1.54, 1.807) is 0 Å². The Morgan fingerprint density at radius 3 is 2.26 bits per heavy atom. The van der Waals surface area contributed by atoms with Crippen LogP contribution in [0.1, 0.15) is 59.1 Å². The van der Waals surface area contributed by atoms with Crippen molar-refractivity contribution in [1.82, 2.24) is 5.32 Å². The van der Waals surface area contributed by atoms with Gasteiger partial charge in [0.1, 0.15) is 0 Å². The van der Waals surface area contributed by atoms with E-state index in [2.05, 4.69) is 71.1 Å². The molecule has 1 aromatic rings. The number of nitrogens with one attached hydrogen (secondary N) is 1. The fraction of sp³-hybridized carbons (Fsp3) is 0.588. The topological polar surface area (TPSA) is 29.1 Å². The fourth-order valence-corrected chi connectivity index (χ4v) is 1.89. The van der Waals surface area contributed by atoms with Crippen molar-refractivity contribution in [2.24, 2.45) is 5.41 Å². The van der Waals surface area contributed by atoms with Crippen molar-refractivity contribution in [1.29, 1.82) is 0 Å². The average molecular weight is 261 g/mol. The molecular formula is C17H27NO. The van der Waals surface area contributed by atoms with Crippen LogP contribution in [0.4, 0.5) is 0 Å². The molecule has 106 valence electrons. The molecule has 19 heavy (non-hydrogen) atoms. The first-order chi connectivity index (χ1) is 8.58. The van der Waals surface area contributed by atoms with Crippen molar-refractivity contribution >= 4 is 5.91 Å². The molecule has 2 heteroatoms. The minimum Gasteiger partial charge on any atom is -0.352 e. The highest BCUT2D eigenvalue weighted by Crippen LogP contribution is 2.23. The molecule has 0 aliphatic carbocycles. The smallest absolute Gasteiger partial charge is 0.220 e. The maximum atomic E-state index is 11.8. The van der Waals surface area contributed by atoms with Gasteiger partial charge in [0.05, 0.1) is 0 Å². The standard InChI is InChI=1S/C17H27NO/c1-16(2,3)11-15(19)18-12-13-8-7-9-14(10-13)17(4,5)6/h7-10H,11-12H2,1-6H3,(H,18,19). The highest BCUT2D eigenvalue weighted by molar-refractivity contribution is 5.76. The summed E-state index contributed by atoms with van der Waals surface area (Å²) in [5, 5.41) is 3.00. The van der Waals surface area contributed by atoms with Gasteiger partial charge in [-0.2, -0.15) is 0 Å². The summed E-state index contributed by atoms with van der Waals surface area (Å²) in [7, 11) is 0. The van der Waals surface area contributed by atoms with Crippen molar-refractivity contribution in [3.05, 3.63) is 35.4 Å². The van der Waals surface area contributed by atoms with Crippen molar-refractivity contribution in [3.8, 4) is 0 Å². The first kappa shape index (κ1) is 15.7. The molecule has 1 N–H and O–H groups in total. The zero-order valence-corrected chi connectivity index (χ0v) is 13.1. The van der Waals surface area contributed by atoms with E-state index in [0.29, 0.717) is 13.0 Å². The third-order valence-electron chi connectivity index (χ3n) is 2.97. The van der Waals surface area contributed by atoms with Gasteiger partial charge in [0, 0.05) is 13.0 Å². The molecule has 0 aromatic heterocycles. The van der Waals surface area contributed by atoms with E-state index in [1.165, 1.54) is 5.56 Å². The highest BCUT2D eigenvalue weighted by Gasteiger charge is 2.16. The third kappa shape index (κ3) is 5.91. The molecule has 0 saturated heterocycles. The lowest BCUT2D eigenvalue weighted by Gasteiger charge is -2.20. The molecule has 1 aromatic carbocycles. The quantitative estimate of drug-likeness (QED) is 0.874. The molecule has 0 heterocycles. The van der Waals surface area contributed by atoms with E-state index in [4.69, 9.17) is 0 Å². The van der Waals surface area contributed by atoms with Crippen LogP contribution in [0.15, 0.2) is 24.3 Å². The van der Waals surface area contributed by atoms with E-state index >= 15 is 0 Å². The molecule has 0 bridgehead atoms. The van der Waals surface area contributed by atoms with Gasteiger partial charge in [-0.3, -0.25) is 4.79 Å². The largest absolute Gasteiger partial charge is 0.352 e. The Kier molecular flexibility index (Phi) is 4.78. The average Bonchev–Trinajstić information content (AvgIpc) is 2.23. The molecule has 1 amide bonds. The lowest BCUT2D eigenvalue weighted by molar-refractivity contribution is -0.122. The molecule has 0 atom stereocenters. The molecule has 0 aliphatic heterocycles. The van der Waals surface area contributed by atoms with Crippen LogP contribution in [0.5, 0.6) is 0 Å². The summed E-state index contributed by atoms with van der Waals surface area (Å²) in [6.45, 7) is 13.4. The Labute approximate surface area is 117 Å². The van der Waals surface area contributed by atoms with Crippen LogP contribution in [0, 0.1) is 5.41 Å². The number of carbonyl (C=O) groups is 1. The molecule has 1 rings (SSSR count). The van der Waals surface area contributed by atoms with E-state index in [1.807, 2.05) is 0 Å². The van der Waals surface area contributed by atoms with Gasteiger partial charge in [0.2, 0.25) is 5.91 Å². The zero-order valence-electron chi connectivity index (χ0n) is 13.1. The number of hydrogen-bond acceptors (Lipinski definition) is 1. The summed E-state index contributed by atoms with van der Waals surface area (Å²) in [6, 6.07) is 8.44. The molecule has 0 radical (unpaired) electrons. The minimum atomic E-state index is 0.0390. The van der Waals surface area contributed by atoms with Crippen molar-refractivity contribution in [2.45, 2.75) is 59.9 Å². The van der Waals surface area contributed by atoms with Crippen LogP contribution in [0.2, 0.25) is 0 Å². The normalized spacial score (nSPS) is 12.3. The van der Waals surface area contributed by atoms with Crippen LogP contribution in [-0.2, 0) is 16.8 Å². The second kappa shape index (κ2) is 5.77. The highest BCUT2D eigenvalue weighted by atomic mass is 16.1. The maximum Gasteiger partial charge on any atom is 0.220 e. The molecular weight excluding hydrogens is 234 g/mol. The summed E-state index contributed by atoms with van der Waals surface area (Å²) in [5.41, 5.74) is 2.65. The van der Waals surface area contributed by atoms with E-state index in [0.717, 1.165) is 5.56 Å². The predicted molar refractivity (Wildman–Crippen MR) is 81.1 cm³/mol. The number of hydrogen-bond donors (Lipinski definition) is 1. The Morgan fingerprint density at radius 2 is 1.74 bits per heavy atom. The number of carbonyl (C=O) groups excluding carboxylic acids is 1. The van der Waals surface area contributed by atoms with Gasteiger partial charge in [-0.25, -0.2) is 0 Å².